The number of nitrogens with two attached hydrogens (primary N) is 2. The van der Waals surface area contributed by atoms with Crippen LogP contribution in [0.4, 0.5) is 17.5 Å². The highest BCUT2D eigenvalue weighted by Gasteiger charge is 2.21. The zero-order valence-electron chi connectivity index (χ0n) is 14.8. The summed E-state index contributed by atoms with van der Waals surface area (Å²) < 4.78 is 0. The fourth-order valence-electron chi connectivity index (χ4n) is 2.27. The van der Waals surface area contributed by atoms with Crippen molar-refractivity contribution in [3.05, 3.63) is 41.6 Å². The smallest absolute Gasteiger partial charge is 0.326 e. The molecule has 148 valence electrons. The van der Waals surface area contributed by atoms with Crippen LogP contribution in [0.15, 0.2) is 30.5 Å². The number of aliphatic carboxylic acids is 2. The van der Waals surface area contributed by atoms with Gasteiger partial charge < -0.3 is 32.3 Å². The molecule has 1 atom stereocenters. The van der Waals surface area contributed by atoms with Crippen molar-refractivity contribution in [2.45, 2.75) is 25.4 Å². The van der Waals surface area contributed by atoms with Gasteiger partial charge in [-0.1, -0.05) is 0 Å². The minimum absolute atomic E-state index is 0.0830. The molecule has 1 aromatic heterocycles. The van der Waals surface area contributed by atoms with Gasteiger partial charge in [0.2, 0.25) is 5.95 Å². The zero-order valence-corrected chi connectivity index (χ0v) is 14.8. The van der Waals surface area contributed by atoms with Crippen LogP contribution in [0, 0.1) is 0 Å². The number of hydrogen-bond donors (Lipinski definition) is 6. The molecular formula is C17H20N6O5. The van der Waals surface area contributed by atoms with Crippen LogP contribution in [0.2, 0.25) is 0 Å². The molecule has 0 unspecified atom stereocenters. The number of carbonyl (C=O) groups excluding carboxylic acids is 1. The van der Waals surface area contributed by atoms with E-state index in [9.17, 15) is 14.4 Å². The minimum atomic E-state index is -1.30. The predicted octanol–water partition coefficient (Wildman–Crippen LogP) is 0.301. The van der Waals surface area contributed by atoms with Crippen molar-refractivity contribution < 1.29 is 24.6 Å². The van der Waals surface area contributed by atoms with Crippen molar-refractivity contribution in [1.29, 1.82) is 0 Å². The highest BCUT2D eigenvalue weighted by Crippen LogP contribution is 2.14. The second kappa shape index (κ2) is 9.16. The van der Waals surface area contributed by atoms with E-state index in [-0.39, 0.29) is 30.2 Å². The summed E-state index contributed by atoms with van der Waals surface area (Å²) in [5, 5.41) is 23.2. The topological polar surface area (TPSA) is 194 Å². The molecule has 8 N–H and O–H groups in total. The maximum atomic E-state index is 12.2. The average molecular weight is 388 g/mol. The van der Waals surface area contributed by atoms with Gasteiger partial charge in [0.15, 0.2) is 0 Å². The van der Waals surface area contributed by atoms with Gasteiger partial charge in [0.1, 0.15) is 11.9 Å². The standard InChI is InChI=1S/C17H20N6O5/c18-14-10(8-21-17(19)23-14)7-20-11-3-1-9(2-4-11)15(26)22-12(16(27)28)5-6-13(24)25/h1-4,8,12,20H,5-7H2,(H,22,26)(H,24,25)(H,27,28)(H4,18,19,21,23)/t12-/m1/s1. The van der Waals surface area contributed by atoms with Crippen molar-refractivity contribution >= 4 is 35.3 Å². The predicted molar refractivity (Wildman–Crippen MR) is 100 cm³/mol. The molecule has 0 aliphatic heterocycles. The van der Waals surface area contributed by atoms with E-state index < -0.39 is 23.9 Å². The maximum absolute atomic E-state index is 12.2. The molecule has 0 spiro atoms. The lowest BCUT2D eigenvalue weighted by Crippen LogP contribution is -2.41. The normalized spacial score (nSPS) is 11.4. The first kappa shape index (κ1) is 20.4. The van der Waals surface area contributed by atoms with Crippen LogP contribution in [0.25, 0.3) is 0 Å². The molecule has 0 bridgehead atoms. The molecule has 0 radical (unpaired) electrons. The summed E-state index contributed by atoms with van der Waals surface area (Å²) in [6, 6.07) is 5.01. The third-order valence-corrected chi connectivity index (χ3v) is 3.80. The molecule has 1 heterocycles. The van der Waals surface area contributed by atoms with Crippen LogP contribution in [-0.2, 0) is 16.1 Å². The Kier molecular flexibility index (Phi) is 6.68. The molecule has 0 saturated carbocycles. The van der Waals surface area contributed by atoms with Gasteiger partial charge in [-0.25, -0.2) is 9.78 Å². The number of carbonyl (C=O) groups is 3. The Morgan fingerprint density at radius 2 is 1.79 bits per heavy atom. The van der Waals surface area contributed by atoms with Crippen molar-refractivity contribution in [1.82, 2.24) is 15.3 Å². The van der Waals surface area contributed by atoms with Gasteiger partial charge in [-0.05, 0) is 30.7 Å². The largest absolute Gasteiger partial charge is 0.481 e. The fraction of sp³-hybridized carbons (Fsp3) is 0.235. The quantitative estimate of drug-likeness (QED) is 0.348. The number of nitrogen functional groups attached to an aromatic ring is 2. The van der Waals surface area contributed by atoms with E-state index in [1.807, 2.05) is 0 Å². The second-order valence-corrected chi connectivity index (χ2v) is 5.87. The summed E-state index contributed by atoms with van der Waals surface area (Å²) in [5.41, 5.74) is 12.8. The number of nitrogens with one attached hydrogen (secondary N) is 2. The first-order chi connectivity index (χ1) is 13.3. The maximum Gasteiger partial charge on any atom is 0.326 e. The van der Waals surface area contributed by atoms with Crippen molar-refractivity contribution in [3.8, 4) is 0 Å². The summed E-state index contributed by atoms with van der Waals surface area (Å²) in [6.45, 7) is 0.341. The Morgan fingerprint density at radius 1 is 1.11 bits per heavy atom. The lowest BCUT2D eigenvalue weighted by molar-refractivity contribution is -0.140. The van der Waals surface area contributed by atoms with Crippen LogP contribution >= 0.6 is 0 Å². The number of hydrogen-bond acceptors (Lipinski definition) is 8. The number of carboxylic acids is 2. The molecule has 2 rings (SSSR count). The van der Waals surface area contributed by atoms with E-state index in [2.05, 4.69) is 20.6 Å². The van der Waals surface area contributed by atoms with Gasteiger partial charge in [0, 0.05) is 36.0 Å². The monoisotopic (exact) mass is 388 g/mol. The average Bonchev–Trinajstić information content (AvgIpc) is 2.64. The molecule has 11 heteroatoms. The number of nitrogens with zero attached hydrogens (tertiary/aromatic N) is 2. The number of carboxylic acid groups (broad SMARTS) is 2. The molecule has 1 amide bonds. The summed E-state index contributed by atoms with van der Waals surface area (Å²) in [6.07, 6.45) is 0.939. The number of benzene rings is 1. The SMILES string of the molecule is Nc1ncc(CNc2ccc(C(=O)N[C@H](CCC(=O)O)C(=O)O)cc2)c(N)n1. The van der Waals surface area contributed by atoms with Gasteiger partial charge in [-0.15, -0.1) is 0 Å². The van der Waals surface area contributed by atoms with Crippen LogP contribution in [0.1, 0.15) is 28.8 Å². The first-order valence-corrected chi connectivity index (χ1v) is 8.22. The zero-order chi connectivity index (χ0) is 20.7. The Bertz CT molecular complexity index is 871. The Labute approximate surface area is 159 Å². The molecule has 0 aliphatic carbocycles. The third-order valence-electron chi connectivity index (χ3n) is 3.80. The number of rotatable bonds is 9. The number of anilines is 3. The number of aromatic nitrogens is 2. The second-order valence-electron chi connectivity index (χ2n) is 5.87. The minimum Gasteiger partial charge on any atom is -0.481 e. The lowest BCUT2D eigenvalue weighted by atomic mass is 10.1. The molecule has 0 fully saturated rings. The van der Waals surface area contributed by atoms with Crippen LogP contribution in [-0.4, -0.2) is 44.1 Å². The first-order valence-electron chi connectivity index (χ1n) is 8.22. The van der Waals surface area contributed by atoms with E-state index in [0.717, 1.165) is 0 Å². The Hall–Kier alpha value is -3.89. The molecular weight excluding hydrogens is 368 g/mol. The van der Waals surface area contributed by atoms with Gasteiger partial charge >= 0.3 is 11.9 Å². The summed E-state index contributed by atoms with van der Waals surface area (Å²) in [5.74, 6) is -2.70. The van der Waals surface area contributed by atoms with E-state index in [1.165, 1.54) is 18.3 Å². The van der Waals surface area contributed by atoms with Crippen molar-refractivity contribution in [3.63, 3.8) is 0 Å². The van der Waals surface area contributed by atoms with Crippen molar-refractivity contribution in [2.75, 3.05) is 16.8 Å². The van der Waals surface area contributed by atoms with E-state index in [0.29, 0.717) is 17.8 Å². The molecule has 2 aromatic rings. The van der Waals surface area contributed by atoms with Crippen LogP contribution < -0.4 is 22.1 Å². The van der Waals surface area contributed by atoms with E-state index >= 15 is 0 Å². The summed E-state index contributed by atoms with van der Waals surface area (Å²) >= 11 is 0. The van der Waals surface area contributed by atoms with Gasteiger partial charge in [0.25, 0.3) is 5.91 Å². The van der Waals surface area contributed by atoms with Crippen LogP contribution in [0.5, 0.6) is 0 Å². The van der Waals surface area contributed by atoms with Gasteiger partial charge in [-0.3, -0.25) is 9.59 Å². The summed E-state index contributed by atoms with van der Waals surface area (Å²) in [7, 11) is 0. The lowest BCUT2D eigenvalue weighted by Gasteiger charge is -2.14. The van der Waals surface area contributed by atoms with Crippen molar-refractivity contribution in [2.24, 2.45) is 0 Å². The number of amides is 1. The van der Waals surface area contributed by atoms with Gasteiger partial charge in [-0.2, -0.15) is 4.98 Å². The van der Waals surface area contributed by atoms with E-state index in [4.69, 9.17) is 21.7 Å². The van der Waals surface area contributed by atoms with E-state index in [1.54, 1.807) is 12.1 Å². The Balaban J connectivity index is 1.95. The molecule has 1 aromatic carbocycles. The fourth-order valence-corrected chi connectivity index (χ4v) is 2.27. The Morgan fingerprint density at radius 3 is 2.36 bits per heavy atom. The summed E-state index contributed by atoms with van der Waals surface area (Å²) in [4.78, 5) is 41.7. The highest BCUT2D eigenvalue weighted by atomic mass is 16.4. The van der Waals surface area contributed by atoms with Gasteiger partial charge in [0.05, 0.1) is 0 Å². The molecule has 0 aliphatic rings. The molecule has 28 heavy (non-hydrogen) atoms. The molecule has 11 nitrogen and oxygen atoms in total. The highest BCUT2D eigenvalue weighted by molar-refractivity contribution is 5.96. The third kappa shape index (κ3) is 5.83. The van der Waals surface area contributed by atoms with Crippen LogP contribution in [0.3, 0.4) is 0 Å². The molecule has 0 saturated heterocycles.